The molecule has 1 aliphatic carbocycles. The first kappa shape index (κ1) is 12.6. The van der Waals surface area contributed by atoms with Crippen LogP contribution in [0.1, 0.15) is 62.3 Å². The zero-order valence-corrected chi connectivity index (χ0v) is 11.1. The van der Waals surface area contributed by atoms with Crippen LogP contribution in [-0.4, -0.2) is 5.11 Å². The molecule has 1 N–H and O–H groups in total. The van der Waals surface area contributed by atoms with Gasteiger partial charge in [-0.25, -0.2) is 0 Å². The molecule has 0 aromatic heterocycles. The van der Waals surface area contributed by atoms with Crippen LogP contribution in [0.25, 0.3) is 0 Å². The van der Waals surface area contributed by atoms with E-state index in [0.29, 0.717) is 5.92 Å². The van der Waals surface area contributed by atoms with Crippen LogP contribution in [0.2, 0.25) is 0 Å². The summed E-state index contributed by atoms with van der Waals surface area (Å²) < 4.78 is 0. The molecule has 1 nitrogen and oxygen atoms in total. The Bertz CT molecular complexity index is 368. The normalized spacial score (nSPS) is 16.9. The van der Waals surface area contributed by atoms with Crippen molar-refractivity contribution in [1.82, 2.24) is 0 Å². The van der Waals surface area contributed by atoms with Crippen LogP contribution >= 0.6 is 0 Å². The Morgan fingerprint density at radius 1 is 1.06 bits per heavy atom. The molecule has 1 atom stereocenters. The van der Waals surface area contributed by atoms with Crippen molar-refractivity contribution in [2.45, 2.75) is 58.5 Å². The number of aryl methyl sites for hydroxylation is 2. The van der Waals surface area contributed by atoms with Gasteiger partial charge in [-0.2, -0.15) is 0 Å². The molecule has 0 saturated carbocycles. The third kappa shape index (κ3) is 3.32. The summed E-state index contributed by atoms with van der Waals surface area (Å²) in [5, 5.41) is 10.2. The molecule has 2 rings (SSSR count). The zero-order chi connectivity index (χ0) is 12.3. The second-order valence-corrected chi connectivity index (χ2v) is 5.72. The monoisotopic (exact) mass is 232 g/mol. The van der Waals surface area contributed by atoms with Gasteiger partial charge in [0.05, 0.1) is 6.10 Å². The molecule has 0 aliphatic heterocycles. The van der Waals surface area contributed by atoms with E-state index in [1.165, 1.54) is 36.8 Å². The van der Waals surface area contributed by atoms with Crippen LogP contribution in [-0.2, 0) is 12.8 Å². The van der Waals surface area contributed by atoms with Gasteiger partial charge < -0.3 is 5.11 Å². The molecule has 0 amide bonds. The highest BCUT2D eigenvalue weighted by atomic mass is 16.3. The molecule has 0 saturated heterocycles. The maximum atomic E-state index is 10.2. The lowest BCUT2D eigenvalue weighted by Gasteiger charge is -2.19. The minimum Gasteiger partial charge on any atom is -0.388 e. The van der Waals surface area contributed by atoms with Crippen LogP contribution in [0.4, 0.5) is 0 Å². The molecule has 1 heteroatoms. The summed E-state index contributed by atoms with van der Waals surface area (Å²) in [6, 6.07) is 6.58. The highest BCUT2D eigenvalue weighted by Gasteiger charge is 2.13. The molecule has 0 bridgehead atoms. The van der Waals surface area contributed by atoms with Gasteiger partial charge in [-0.1, -0.05) is 32.0 Å². The van der Waals surface area contributed by atoms with E-state index in [-0.39, 0.29) is 6.10 Å². The first-order chi connectivity index (χ1) is 8.16. The third-order valence-corrected chi connectivity index (χ3v) is 3.77. The van der Waals surface area contributed by atoms with E-state index in [2.05, 4.69) is 32.0 Å². The summed E-state index contributed by atoms with van der Waals surface area (Å²) in [5.74, 6) is 0.669. The van der Waals surface area contributed by atoms with Gasteiger partial charge in [-0.05, 0) is 61.1 Å². The highest BCUT2D eigenvalue weighted by molar-refractivity contribution is 5.34. The molecule has 1 aromatic rings. The molecule has 0 heterocycles. The van der Waals surface area contributed by atoms with Gasteiger partial charge in [0.1, 0.15) is 0 Å². The molecule has 0 radical (unpaired) electrons. The Kier molecular flexibility index (Phi) is 4.22. The van der Waals surface area contributed by atoms with Crippen LogP contribution in [0.3, 0.4) is 0 Å². The first-order valence-electron chi connectivity index (χ1n) is 6.96. The standard InChI is InChI=1S/C16H24O/c1-12(2)7-10-16(17)15-9-8-13-5-3-4-6-14(13)11-15/h8-9,11-12,16-17H,3-7,10H2,1-2H3. The summed E-state index contributed by atoms with van der Waals surface area (Å²) in [4.78, 5) is 0. The number of benzene rings is 1. The Balaban J connectivity index is 2.05. The lowest BCUT2D eigenvalue weighted by atomic mass is 9.88. The van der Waals surface area contributed by atoms with Crippen LogP contribution < -0.4 is 0 Å². The van der Waals surface area contributed by atoms with E-state index in [0.717, 1.165) is 18.4 Å². The molecule has 1 aliphatic rings. The summed E-state index contributed by atoms with van der Waals surface area (Å²) >= 11 is 0. The van der Waals surface area contributed by atoms with Crippen molar-refractivity contribution < 1.29 is 5.11 Å². The lowest BCUT2D eigenvalue weighted by Crippen LogP contribution is -2.06. The molecular formula is C16H24O. The Labute approximate surface area is 105 Å². The number of hydrogen-bond donors (Lipinski definition) is 1. The SMILES string of the molecule is CC(C)CCC(O)c1ccc2c(c1)CCCC2. The first-order valence-corrected chi connectivity index (χ1v) is 6.96. The molecule has 1 aromatic carbocycles. The van der Waals surface area contributed by atoms with Gasteiger partial charge >= 0.3 is 0 Å². The minimum absolute atomic E-state index is 0.273. The van der Waals surface area contributed by atoms with Gasteiger partial charge in [0, 0.05) is 0 Å². The quantitative estimate of drug-likeness (QED) is 0.830. The maximum Gasteiger partial charge on any atom is 0.0790 e. The molecule has 0 fully saturated rings. The largest absolute Gasteiger partial charge is 0.388 e. The Morgan fingerprint density at radius 2 is 1.76 bits per heavy atom. The smallest absolute Gasteiger partial charge is 0.0790 e. The average Bonchev–Trinajstić information content (AvgIpc) is 2.35. The van der Waals surface area contributed by atoms with E-state index < -0.39 is 0 Å². The Hall–Kier alpha value is -0.820. The van der Waals surface area contributed by atoms with E-state index in [1.54, 1.807) is 0 Å². The molecule has 94 valence electrons. The highest BCUT2D eigenvalue weighted by Crippen LogP contribution is 2.27. The van der Waals surface area contributed by atoms with E-state index >= 15 is 0 Å². The third-order valence-electron chi connectivity index (χ3n) is 3.77. The fourth-order valence-electron chi connectivity index (χ4n) is 2.62. The summed E-state index contributed by atoms with van der Waals surface area (Å²) in [5.41, 5.74) is 4.08. The summed E-state index contributed by atoms with van der Waals surface area (Å²) in [6.07, 6.45) is 6.75. The van der Waals surface area contributed by atoms with Crippen molar-refractivity contribution in [3.8, 4) is 0 Å². The van der Waals surface area contributed by atoms with Crippen molar-refractivity contribution >= 4 is 0 Å². The van der Waals surface area contributed by atoms with Crippen molar-refractivity contribution in [1.29, 1.82) is 0 Å². The van der Waals surface area contributed by atoms with Gasteiger partial charge in [0.25, 0.3) is 0 Å². The average molecular weight is 232 g/mol. The van der Waals surface area contributed by atoms with Crippen LogP contribution in [0.15, 0.2) is 18.2 Å². The minimum atomic E-state index is -0.273. The summed E-state index contributed by atoms with van der Waals surface area (Å²) in [6.45, 7) is 4.42. The molecule has 1 unspecified atom stereocenters. The predicted octanol–water partition coefficient (Wildman–Crippen LogP) is 4.04. The zero-order valence-electron chi connectivity index (χ0n) is 11.1. The van der Waals surface area contributed by atoms with E-state index in [1.807, 2.05) is 0 Å². The van der Waals surface area contributed by atoms with Crippen LogP contribution in [0.5, 0.6) is 0 Å². The van der Waals surface area contributed by atoms with Crippen LogP contribution in [0, 0.1) is 5.92 Å². The summed E-state index contributed by atoms with van der Waals surface area (Å²) in [7, 11) is 0. The van der Waals surface area contributed by atoms with Crippen molar-refractivity contribution in [3.63, 3.8) is 0 Å². The lowest BCUT2D eigenvalue weighted by molar-refractivity contribution is 0.159. The molecule has 0 spiro atoms. The second-order valence-electron chi connectivity index (χ2n) is 5.72. The van der Waals surface area contributed by atoms with Gasteiger partial charge in [0.2, 0.25) is 0 Å². The number of aliphatic hydroxyl groups is 1. The van der Waals surface area contributed by atoms with Gasteiger partial charge in [-0.3, -0.25) is 0 Å². The van der Waals surface area contributed by atoms with Crippen molar-refractivity contribution in [3.05, 3.63) is 34.9 Å². The predicted molar refractivity (Wildman–Crippen MR) is 72.1 cm³/mol. The topological polar surface area (TPSA) is 20.2 Å². The van der Waals surface area contributed by atoms with Crippen molar-refractivity contribution in [2.24, 2.45) is 5.92 Å². The number of rotatable bonds is 4. The molecular weight excluding hydrogens is 208 g/mol. The fraction of sp³-hybridized carbons (Fsp3) is 0.625. The van der Waals surface area contributed by atoms with E-state index in [4.69, 9.17) is 0 Å². The second kappa shape index (κ2) is 5.68. The Morgan fingerprint density at radius 3 is 2.47 bits per heavy atom. The van der Waals surface area contributed by atoms with E-state index in [9.17, 15) is 5.11 Å². The maximum absolute atomic E-state index is 10.2. The number of aliphatic hydroxyl groups excluding tert-OH is 1. The van der Waals surface area contributed by atoms with Crippen molar-refractivity contribution in [2.75, 3.05) is 0 Å². The fourth-order valence-corrected chi connectivity index (χ4v) is 2.62. The number of hydrogen-bond acceptors (Lipinski definition) is 1. The molecule has 17 heavy (non-hydrogen) atoms. The van der Waals surface area contributed by atoms with Gasteiger partial charge in [-0.15, -0.1) is 0 Å². The van der Waals surface area contributed by atoms with Gasteiger partial charge in [0.15, 0.2) is 0 Å². The number of fused-ring (bicyclic) bond motifs is 1.